The number of hydrogen-bond acceptors (Lipinski definition) is 3. The van der Waals surface area contributed by atoms with Crippen LogP contribution < -0.4 is 0 Å². The number of ketones is 1. The Balaban J connectivity index is 2.58. The van der Waals surface area contributed by atoms with E-state index in [0.717, 1.165) is 0 Å². The molecular weight excluding hydrogens is 228 g/mol. The third kappa shape index (κ3) is 4.59. The van der Waals surface area contributed by atoms with Gasteiger partial charge in [0.1, 0.15) is 6.10 Å². The average molecular weight is 250 g/mol. The second kappa shape index (κ2) is 8.01. The smallest absolute Gasteiger partial charge is 0.191 e. The van der Waals surface area contributed by atoms with Crippen molar-refractivity contribution in [3.8, 4) is 0 Å². The summed E-state index contributed by atoms with van der Waals surface area (Å²) in [6.07, 6.45) is 0.218. The van der Waals surface area contributed by atoms with E-state index in [2.05, 4.69) is 0 Å². The summed E-state index contributed by atoms with van der Waals surface area (Å²) in [5.74, 6) is 0.0430. The molecule has 0 amide bonds. The van der Waals surface area contributed by atoms with Crippen molar-refractivity contribution in [3.05, 3.63) is 35.9 Å². The molecular formula is C15H22O3. The second-order valence-electron chi connectivity index (χ2n) is 4.23. The molecule has 0 aromatic heterocycles. The Morgan fingerprint density at radius 3 is 2.44 bits per heavy atom. The van der Waals surface area contributed by atoms with Crippen LogP contribution in [0.5, 0.6) is 0 Å². The first-order valence-corrected chi connectivity index (χ1v) is 6.51. The number of Topliss-reactive ketones (excluding diaryl/α,β-unsaturated/α-hetero) is 1. The van der Waals surface area contributed by atoms with Crippen molar-refractivity contribution >= 4 is 5.78 Å². The molecule has 0 saturated heterocycles. The van der Waals surface area contributed by atoms with E-state index in [-0.39, 0.29) is 18.0 Å². The number of ether oxygens (including phenoxy) is 2. The van der Waals surface area contributed by atoms with E-state index < -0.39 is 0 Å². The van der Waals surface area contributed by atoms with Crippen LogP contribution in [0.3, 0.4) is 0 Å². The van der Waals surface area contributed by atoms with Crippen LogP contribution in [0.4, 0.5) is 0 Å². The lowest BCUT2D eigenvalue weighted by Gasteiger charge is -2.20. The molecule has 18 heavy (non-hydrogen) atoms. The molecule has 2 atom stereocenters. The SMILES string of the molecule is CCOCC(C)OC(CC)C(=O)c1ccccc1. The Morgan fingerprint density at radius 2 is 1.89 bits per heavy atom. The fourth-order valence-electron chi connectivity index (χ4n) is 1.74. The number of hydrogen-bond donors (Lipinski definition) is 0. The first-order chi connectivity index (χ1) is 8.69. The lowest BCUT2D eigenvalue weighted by molar-refractivity contribution is -0.0364. The summed E-state index contributed by atoms with van der Waals surface area (Å²) in [7, 11) is 0. The minimum atomic E-state index is -0.386. The molecule has 3 nitrogen and oxygen atoms in total. The number of carbonyl (C=O) groups excluding carboxylic acids is 1. The highest BCUT2D eigenvalue weighted by atomic mass is 16.5. The fourth-order valence-corrected chi connectivity index (χ4v) is 1.74. The highest BCUT2D eigenvalue weighted by Gasteiger charge is 2.21. The molecule has 0 aliphatic heterocycles. The Kier molecular flexibility index (Phi) is 6.61. The fraction of sp³-hybridized carbons (Fsp3) is 0.533. The van der Waals surface area contributed by atoms with Crippen molar-refractivity contribution in [1.82, 2.24) is 0 Å². The molecule has 0 aliphatic rings. The maximum absolute atomic E-state index is 12.2. The van der Waals surface area contributed by atoms with Crippen LogP contribution in [-0.4, -0.2) is 31.2 Å². The first kappa shape index (κ1) is 14.9. The molecule has 0 saturated carbocycles. The topological polar surface area (TPSA) is 35.5 Å². The van der Waals surface area contributed by atoms with Gasteiger partial charge >= 0.3 is 0 Å². The monoisotopic (exact) mass is 250 g/mol. The Hall–Kier alpha value is -1.19. The largest absolute Gasteiger partial charge is 0.379 e. The summed E-state index contributed by atoms with van der Waals surface area (Å²) < 4.78 is 11.0. The summed E-state index contributed by atoms with van der Waals surface area (Å²) in [6.45, 7) is 7.01. The molecule has 0 fully saturated rings. The summed E-state index contributed by atoms with van der Waals surface area (Å²) in [5, 5.41) is 0. The second-order valence-corrected chi connectivity index (χ2v) is 4.23. The number of carbonyl (C=O) groups is 1. The summed E-state index contributed by atoms with van der Waals surface area (Å²) in [5.41, 5.74) is 0.702. The van der Waals surface area contributed by atoms with Gasteiger partial charge in [-0.3, -0.25) is 4.79 Å². The highest BCUT2D eigenvalue weighted by Crippen LogP contribution is 2.11. The van der Waals surface area contributed by atoms with Crippen molar-refractivity contribution < 1.29 is 14.3 Å². The summed E-state index contributed by atoms with van der Waals surface area (Å²) in [6, 6.07) is 9.27. The minimum absolute atomic E-state index is 0.0430. The van der Waals surface area contributed by atoms with E-state index in [0.29, 0.717) is 25.2 Å². The van der Waals surface area contributed by atoms with Gasteiger partial charge in [0.05, 0.1) is 12.7 Å². The third-order valence-electron chi connectivity index (χ3n) is 2.67. The van der Waals surface area contributed by atoms with Crippen molar-refractivity contribution in [1.29, 1.82) is 0 Å². The number of rotatable bonds is 8. The maximum atomic E-state index is 12.2. The van der Waals surface area contributed by atoms with Gasteiger partial charge in [-0.15, -0.1) is 0 Å². The molecule has 3 heteroatoms. The standard InChI is InChI=1S/C15H22O3/c1-4-14(18-12(3)11-17-5-2)15(16)13-9-7-6-8-10-13/h6-10,12,14H,4-5,11H2,1-3H3. The van der Waals surface area contributed by atoms with Crippen molar-refractivity contribution in [3.63, 3.8) is 0 Å². The van der Waals surface area contributed by atoms with Crippen molar-refractivity contribution in [2.75, 3.05) is 13.2 Å². The van der Waals surface area contributed by atoms with Gasteiger partial charge in [-0.05, 0) is 20.3 Å². The molecule has 0 spiro atoms. The van der Waals surface area contributed by atoms with Gasteiger partial charge in [-0.25, -0.2) is 0 Å². The molecule has 1 rings (SSSR count). The molecule has 0 radical (unpaired) electrons. The van der Waals surface area contributed by atoms with Crippen LogP contribution >= 0.6 is 0 Å². The number of benzene rings is 1. The molecule has 100 valence electrons. The normalized spacial score (nSPS) is 14.2. The van der Waals surface area contributed by atoms with E-state index in [9.17, 15) is 4.79 Å². The van der Waals surface area contributed by atoms with E-state index in [1.807, 2.05) is 51.1 Å². The Morgan fingerprint density at radius 1 is 1.22 bits per heavy atom. The van der Waals surface area contributed by atoms with Crippen LogP contribution in [0, 0.1) is 0 Å². The maximum Gasteiger partial charge on any atom is 0.191 e. The first-order valence-electron chi connectivity index (χ1n) is 6.51. The quantitative estimate of drug-likeness (QED) is 0.665. The molecule has 1 aromatic rings. The molecule has 0 N–H and O–H groups in total. The van der Waals surface area contributed by atoms with Crippen LogP contribution in [0.1, 0.15) is 37.6 Å². The molecule has 0 bridgehead atoms. The lowest BCUT2D eigenvalue weighted by atomic mass is 10.0. The van der Waals surface area contributed by atoms with Gasteiger partial charge in [0.15, 0.2) is 5.78 Å². The van der Waals surface area contributed by atoms with Crippen LogP contribution in [0.25, 0.3) is 0 Å². The van der Waals surface area contributed by atoms with Crippen molar-refractivity contribution in [2.24, 2.45) is 0 Å². The predicted octanol–water partition coefficient (Wildman–Crippen LogP) is 3.09. The Labute approximate surface area is 109 Å². The van der Waals surface area contributed by atoms with Gasteiger partial charge in [0.25, 0.3) is 0 Å². The highest BCUT2D eigenvalue weighted by molar-refractivity contribution is 5.99. The van der Waals surface area contributed by atoms with Gasteiger partial charge in [-0.2, -0.15) is 0 Å². The molecule has 0 aliphatic carbocycles. The predicted molar refractivity (Wildman–Crippen MR) is 71.9 cm³/mol. The molecule has 0 heterocycles. The summed E-state index contributed by atoms with van der Waals surface area (Å²) in [4.78, 5) is 12.2. The van der Waals surface area contributed by atoms with Crippen LogP contribution in [0.2, 0.25) is 0 Å². The van der Waals surface area contributed by atoms with Crippen LogP contribution in [0.15, 0.2) is 30.3 Å². The van der Waals surface area contributed by atoms with E-state index in [4.69, 9.17) is 9.47 Å². The lowest BCUT2D eigenvalue weighted by Crippen LogP contribution is -2.30. The Bertz CT molecular complexity index is 348. The third-order valence-corrected chi connectivity index (χ3v) is 2.67. The van der Waals surface area contributed by atoms with Gasteiger partial charge in [0.2, 0.25) is 0 Å². The molecule has 2 unspecified atom stereocenters. The van der Waals surface area contributed by atoms with Gasteiger partial charge in [0, 0.05) is 12.2 Å². The van der Waals surface area contributed by atoms with E-state index in [1.54, 1.807) is 0 Å². The van der Waals surface area contributed by atoms with E-state index >= 15 is 0 Å². The average Bonchev–Trinajstić information content (AvgIpc) is 2.42. The van der Waals surface area contributed by atoms with Gasteiger partial charge in [-0.1, -0.05) is 37.3 Å². The zero-order valence-electron chi connectivity index (χ0n) is 11.4. The zero-order chi connectivity index (χ0) is 13.4. The molecule has 1 aromatic carbocycles. The minimum Gasteiger partial charge on any atom is -0.379 e. The summed E-state index contributed by atoms with van der Waals surface area (Å²) >= 11 is 0. The van der Waals surface area contributed by atoms with Crippen molar-refractivity contribution in [2.45, 2.75) is 39.4 Å². The van der Waals surface area contributed by atoms with Gasteiger partial charge < -0.3 is 9.47 Å². The van der Waals surface area contributed by atoms with Crippen LogP contribution in [-0.2, 0) is 9.47 Å². The zero-order valence-corrected chi connectivity index (χ0v) is 11.4. The van der Waals surface area contributed by atoms with E-state index in [1.165, 1.54) is 0 Å².